The Morgan fingerprint density at radius 2 is 1.20 bits per heavy atom. The standard InChI is InChI=1S/C21H33N3O8S.2Na/c1-16-2-4-17(5-3-16)33(31,32)24-12-10-22(18(6-14-25)20(27)28)8-9-23(11-13-24)19(7-15-26)21(29)30;;/h2-5,18-19,25-26H,6-15H2,1H3,(H,27,28)(H,29,30);;/q;2*+1/p-2. The number of nitrogens with zero attached hydrogens (tertiary/aromatic N) is 3. The van der Waals surface area contributed by atoms with E-state index < -0.39 is 47.3 Å². The molecule has 0 aromatic heterocycles. The van der Waals surface area contributed by atoms with Crippen molar-refractivity contribution in [1.29, 1.82) is 0 Å². The van der Waals surface area contributed by atoms with Gasteiger partial charge < -0.3 is 30.0 Å². The zero-order chi connectivity index (χ0) is 24.6. The summed E-state index contributed by atoms with van der Waals surface area (Å²) in [4.78, 5) is 26.4. The third-order valence-corrected chi connectivity index (χ3v) is 7.75. The van der Waals surface area contributed by atoms with Crippen LogP contribution in [0, 0.1) is 6.92 Å². The second-order valence-corrected chi connectivity index (χ2v) is 9.92. The molecule has 0 radical (unpaired) electrons. The summed E-state index contributed by atoms with van der Waals surface area (Å²) in [7, 11) is -3.94. The second-order valence-electron chi connectivity index (χ2n) is 7.98. The van der Waals surface area contributed by atoms with Gasteiger partial charge in [0.05, 0.1) is 28.9 Å². The first kappa shape index (κ1) is 34.9. The molecule has 0 saturated carbocycles. The van der Waals surface area contributed by atoms with Gasteiger partial charge in [-0.1, -0.05) is 17.7 Å². The van der Waals surface area contributed by atoms with E-state index in [9.17, 15) is 38.4 Å². The van der Waals surface area contributed by atoms with E-state index in [4.69, 9.17) is 0 Å². The smallest absolute Gasteiger partial charge is 0.548 e. The molecule has 11 nitrogen and oxygen atoms in total. The minimum absolute atomic E-state index is 0. The van der Waals surface area contributed by atoms with Crippen molar-refractivity contribution < 1.29 is 97.5 Å². The van der Waals surface area contributed by atoms with Crippen molar-refractivity contribution in [3.63, 3.8) is 0 Å². The molecule has 0 spiro atoms. The van der Waals surface area contributed by atoms with Crippen molar-refractivity contribution in [3.8, 4) is 0 Å². The monoisotopic (exact) mass is 531 g/mol. The first-order chi connectivity index (χ1) is 15.6. The number of hydrogen-bond donors (Lipinski definition) is 2. The van der Waals surface area contributed by atoms with Gasteiger partial charge in [0.15, 0.2) is 0 Å². The van der Waals surface area contributed by atoms with E-state index in [1.807, 2.05) is 6.92 Å². The van der Waals surface area contributed by atoms with E-state index in [2.05, 4.69) is 0 Å². The minimum Gasteiger partial charge on any atom is -0.548 e. The van der Waals surface area contributed by atoms with Crippen LogP contribution >= 0.6 is 0 Å². The Hall–Kier alpha value is -0.0900. The van der Waals surface area contributed by atoms with Crippen molar-refractivity contribution in [2.24, 2.45) is 0 Å². The summed E-state index contributed by atoms with van der Waals surface area (Å²) in [6, 6.07) is 3.97. The number of carboxylic acid groups (broad SMARTS) is 2. The molecule has 1 aliphatic heterocycles. The van der Waals surface area contributed by atoms with Gasteiger partial charge in [-0.05, 0) is 31.9 Å². The number of rotatable bonds is 10. The van der Waals surface area contributed by atoms with E-state index in [0.29, 0.717) is 0 Å². The predicted molar refractivity (Wildman–Crippen MR) is 114 cm³/mol. The molecule has 2 atom stereocenters. The van der Waals surface area contributed by atoms with Crippen molar-refractivity contribution in [2.45, 2.75) is 36.7 Å². The number of carbonyl (C=O) groups is 2. The number of hydrogen-bond acceptors (Lipinski definition) is 10. The molecular formula is C21H31N3Na2O8S. The van der Waals surface area contributed by atoms with Crippen LogP contribution in [0.4, 0.5) is 0 Å². The molecule has 35 heavy (non-hydrogen) atoms. The summed E-state index contributed by atoms with van der Waals surface area (Å²) >= 11 is 0. The van der Waals surface area contributed by atoms with Crippen molar-refractivity contribution >= 4 is 22.0 Å². The van der Waals surface area contributed by atoms with Crippen LogP contribution in [-0.4, -0.2) is 109 Å². The number of carbonyl (C=O) groups excluding carboxylic acids is 2. The van der Waals surface area contributed by atoms with Gasteiger partial charge in [-0.15, -0.1) is 0 Å². The molecule has 186 valence electrons. The molecule has 14 heteroatoms. The third kappa shape index (κ3) is 9.95. The van der Waals surface area contributed by atoms with Crippen molar-refractivity contribution in [1.82, 2.24) is 14.1 Å². The van der Waals surface area contributed by atoms with Gasteiger partial charge >= 0.3 is 59.1 Å². The number of carboxylic acids is 2. The van der Waals surface area contributed by atoms with Gasteiger partial charge in [-0.2, -0.15) is 4.31 Å². The van der Waals surface area contributed by atoms with Gasteiger partial charge in [0.1, 0.15) is 0 Å². The quantitative estimate of drug-likeness (QED) is 0.277. The Kier molecular flexibility index (Phi) is 16.6. The van der Waals surface area contributed by atoms with Gasteiger partial charge in [0.25, 0.3) is 0 Å². The SMILES string of the molecule is Cc1ccc(S(=O)(=O)N2CCN(C(CCO)C(=O)[O-])CCN(C(CCO)C(=O)[O-])CC2)cc1.[Na+].[Na+]. The van der Waals surface area contributed by atoms with Gasteiger partial charge in [-0.25, -0.2) is 8.42 Å². The van der Waals surface area contributed by atoms with Crippen LogP contribution in [0.15, 0.2) is 29.2 Å². The molecule has 1 saturated heterocycles. The Morgan fingerprint density at radius 1 is 0.829 bits per heavy atom. The summed E-state index contributed by atoms with van der Waals surface area (Å²) in [6.07, 6.45) is -0.235. The van der Waals surface area contributed by atoms with Crippen LogP contribution < -0.4 is 69.3 Å². The predicted octanol–water partition coefficient (Wildman–Crippen LogP) is -9.39. The molecule has 2 N–H and O–H groups in total. The number of aliphatic hydroxyl groups excluding tert-OH is 2. The van der Waals surface area contributed by atoms with E-state index in [1.165, 1.54) is 26.2 Å². The zero-order valence-electron chi connectivity index (χ0n) is 20.6. The molecule has 0 amide bonds. The van der Waals surface area contributed by atoms with E-state index in [0.717, 1.165) is 5.56 Å². The van der Waals surface area contributed by atoms with Crippen molar-refractivity contribution in [2.75, 3.05) is 52.5 Å². The fraction of sp³-hybridized carbons (Fsp3) is 0.619. The molecule has 1 aliphatic rings. The van der Waals surface area contributed by atoms with Crippen LogP contribution in [0.3, 0.4) is 0 Å². The van der Waals surface area contributed by atoms with Crippen LogP contribution in [0.5, 0.6) is 0 Å². The molecule has 0 aliphatic carbocycles. The number of aliphatic carboxylic acids is 2. The molecular weight excluding hydrogens is 500 g/mol. The number of sulfonamides is 1. The van der Waals surface area contributed by atoms with Crippen molar-refractivity contribution in [3.05, 3.63) is 29.8 Å². The number of aliphatic hydroxyl groups is 2. The minimum atomic E-state index is -3.94. The van der Waals surface area contributed by atoms with Gasteiger partial charge in [0.2, 0.25) is 10.0 Å². The molecule has 2 unspecified atom stereocenters. The fourth-order valence-electron chi connectivity index (χ4n) is 3.94. The maximum Gasteiger partial charge on any atom is 1.00 e. The third-order valence-electron chi connectivity index (χ3n) is 5.84. The first-order valence-corrected chi connectivity index (χ1v) is 12.2. The first-order valence-electron chi connectivity index (χ1n) is 10.8. The van der Waals surface area contributed by atoms with Crippen LogP contribution in [0.25, 0.3) is 0 Å². The topological polar surface area (TPSA) is 165 Å². The normalized spacial score (nSPS) is 18.1. The maximum atomic E-state index is 13.3. The number of aryl methyl sites for hydroxylation is 1. The maximum absolute atomic E-state index is 13.3. The van der Waals surface area contributed by atoms with Gasteiger partial charge in [-0.3, -0.25) is 9.80 Å². The zero-order valence-corrected chi connectivity index (χ0v) is 25.4. The molecule has 1 aromatic carbocycles. The molecule has 2 rings (SSSR count). The molecule has 0 bridgehead atoms. The summed E-state index contributed by atoms with van der Waals surface area (Å²) in [5.41, 5.74) is 0.886. The van der Waals surface area contributed by atoms with E-state index in [1.54, 1.807) is 12.1 Å². The Balaban J connectivity index is 0.00000578. The molecule has 1 fully saturated rings. The Labute approximate surface area is 250 Å². The summed E-state index contributed by atoms with van der Waals surface area (Å²) < 4.78 is 27.8. The number of benzene rings is 1. The summed E-state index contributed by atoms with van der Waals surface area (Å²) in [6.45, 7) is 1.26. The van der Waals surface area contributed by atoms with E-state index in [-0.39, 0.29) is 116 Å². The van der Waals surface area contributed by atoms with Crippen LogP contribution in [-0.2, 0) is 19.6 Å². The average molecular weight is 532 g/mol. The van der Waals surface area contributed by atoms with Crippen LogP contribution in [0.2, 0.25) is 0 Å². The molecule has 1 aromatic rings. The van der Waals surface area contributed by atoms with E-state index >= 15 is 0 Å². The Bertz CT molecular complexity index is 868. The second kappa shape index (κ2) is 16.7. The average Bonchev–Trinajstić information content (AvgIpc) is 2.86. The largest absolute Gasteiger partial charge is 1.00 e. The Morgan fingerprint density at radius 3 is 1.54 bits per heavy atom. The summed E-state index contributed by atoms with van der Waals surface area (Å²) in [5, 5.41) is 41.9. The fourth-order valence-corrected chi connectivity index (χ4v) is 5.36. The van der Waals surface area contributed by atoms with Crippen LogP contribution in [0.1, 0.15) is 18.4 Å². The molecule has 1 heterocycles. The summed E-state index contributed by atoms with van der Waals surface area (Å²) in [5.74, 6) is -2.82. The van der Waals surface area contributed by atoms with Gasteiger partial charge in [0, 0.05) is 52.5 Å².